The molecule has 1 aromatic heterocycles. The molecule has 4 rings (SSSR count). The van der Waals surface area contributed by atoms with E-state index in [-0.39, 0.29) is 23.7 Å². The second-order valence-corrected chi connectivity index (χ2v) is 10.9. The molecule has 0 aliphatic carbocycles. The van der Waals surface area contributed by atoms with Gasteiger partial charge < -0.3 is 0 Å². The number of carbonyl (C=O) groups is 1. The second-order valence-electron chi connectivity index (χ2n) is 8.94. The Kier molecular flexibility index (Phi) is 7.09. The molecule has 2 heterocycles. The van der Waals surface area contributed by atoms with E-state index in [0.29, 0.717) is 19.0 Å². The average Bonchev–Trinajstić information content (AvgIpc) is 2.83. The predicted molar refractivity (Wildman–Crippen MR) is 132 cm³/mol. The minimum absolute atomic E-state index is 0.114. The standard InChI is InChI=1S/C26H29N3O4S/c1-18-5-3-4-6-22(18)24(17-25(30)23-11-14-27-28-26(23)31)21-9-7-19(8-10-21)20-12-15-29(16-13-20)34(2,32)33/h3-11,14,20,24H,12-13,15-17H2,1-2H3,(H,28,31). The minimum Gasteiger partial charge on any atom is -0.294 e. The molecule has 1 aliphatic rings. The summed E-state index contributed by atoms with van der Waals surface area (Å²) < 4.78 is 25.1. The summed E-state index contributed by atoms with van der Waals surface area (Å²) in [5, 5.41) is 6.02. The van der Waals surface area contributed by atoms with Gasteiger partial charge in [-0.2, -0.15) is 5.10 Å². The molecule has 2 aromatic carbocycles. The highest BCUT2D eigenvalue weighted by Crippen LogP contribution is 2.34. The Morgan fingerprint density at radius 2 is 1.76 bits per heavy atom. The van der Waals surface area contributed by atoms with Crippen molar-refractivity contribution in [3.05, 3.63) is 99.0 Å². The lowest BCUT2D eigenvalue weighted by Gasteiger charge is -2.30. The quantitative estimate of drug-likeness (QED) is 0.522. The van der Waals surface area contributed by atoms with Gasteiger partial charge in [0.2, 0.25) is 10.0 Å². The average molecular weight is 480 g/mol. The van der Waals surface area contributed by atoms with Crippen molar-refractivity contribution in [2.45, 2.75) is 38.0 Å². The summed E-state index contributed by atoms with van der Waals surface area (Å²) in [6, 6.07) is 17.7. The van der Waals surface area contributed by atoms with E-state index in [2.05, 4.69) is 34.5 Å². The van der Waals surface area contributed by atoms with Crippen molar-refractivity contribution in [1.29, 1.82) is 0 Å². The first kappa shape index (κ1) is 24.0. The summed E-state index contributed by atoms with van der Waals surface area (Å²) in [5.74, 6) is -0.113. The number of benzene rings is 2. The molecule has 0 radical (unpaired) electrons. The summed E-state index contributed by atoms with van der Waals surface area (Å²) in [6.45, 7) is 3.09. The molecule has 8 heteroatoms. The summed E-state index contributed by atoms with van der Waals surface area (Å²) in [5.41, 5.74) is 3.95. The fourth-order valence-corrected chi connectivity index (χ4v) is 5.64. The molecule has 1 fully saturated rings. The molecule has 0 amide bonds. The van der Waals surface area contributed by atoms with Crippen molar-refractivity contribution in [1.82, 2.24) is 14.5 Å². The number of hydrogen-bond donors (Lipinski definition) is 1. The smallest absolute Gasteiger partial charge is 0.275 e. The summed E-state index contributed by atoms with van der Waals surface area (Å²) in [6.07, 6.45) is 4.42. The molecule has 0 spiro atoms. The lowest BCUT2D eigenvalue weighted by atomic mass is 9.82. The molecule has 178 valence electrons. The van der Waals surface area contributed by atoms with E-state index in [1.165, 1.54) is 24.1 Å². The fraction of sp³-hybridized carbons (Fsp3) is 0.346. The van der Waals surface area contributed by atoms with Crippen LogP contribution >= 0.6 is 0 Å². The van der Waals surface area contributed by atoms with Crippen molar-refractivity contribution in [2.24, 2.45) is 0 Å². The Morgan fingerprint density at radius 1 is 1.09 bits per heavy atom. The van der Waals surface area contributed by atoms with Gasteiger partial charge in [0.25, 0.3) is 5.56 Å². The number of hydrogen-bond acceptors (Lipinski definition) is 5. The molecule has 34 heavy (non-hydrogen) atoms. The van der Waals surface area contributed by atoms with Crippen LogP contribution in [0.15, 0.2) is 65.6 Å². The number of aryl methyl sites for hydroxylation is 1. The second kappa shape index (κ2) is 10.0. The molecule has 1 N–H and O–H groups in total. The van der Waals surface area contributed by atoms with Gasteiger partial charge in [0.15, 0.2) is 5.78 Å². The highest BCUT2D eigenvalue weighted by atomic mass is 32.2. The van der Waals surface area contributed by atoms with Crippen molar-refractivity contribution in [2.75, 3.05) is 19.3 Å². The van der Waals surface area contributed by atoms with Gasteiger partial charge in [0.05, 0.1) is 11.8 Å². The van der Waals surface area contributed by atoms with Gasteiger partial charge >= 0.3 is 0 Å². The third kappa shape index (κ3) is 5.34. The zero-order valence-electron chi connectivity index (χ0n) is 19.4. The molecule has 0 bridgehead atoms. The number of Topliss-reactive ketones (excluding diaryl/α,β-unsaturated/α-hetero) is 1. The molecular weight excluding hydrogens is 450 g/mol. The van der Waals surface area contributed by atoms with Crippen LogP contribution in [0, 0.1) is 6.92 Å². The number of nitrogens with zero attached hydrogens (tertiary/aromatic N) is 2. The number of nitrogens with one attached hydrogen (secondary N) is 1. The first-order valence-corrected chi connectivity index (χ1v) is 13.3. The maximum absolute atomic E-state index is 13.1. The van der Waals surface area contributed by atoms with Gasteiger partial charge in [-0.15, -0.1) is 0 Å². The fourth-order valence-electron chi connectivity index (χ4n) is 4.76. The number of H-pyrrole nitrogens is 1. The molecule has 7 nitrogen and oxygen atoms in total. The number of sulfonamides is 1. The molecule has 1 atom stereocenters. The Bertz CT molecular complexity index is 1320. The van der Waals surface area contributed by atoms with Crippen LogP contribution in [0.1, 0.15) is 63.7 Å². The number of aromatic amines is 1. The van der Waals surface area contributed by atoms with E-state index in [4.69, 9.17) is 0 Å². The minimum atomic E-state index is -3.15. The van der Waals surface area contributed by atoms with Crippen LogP contribution in [0.5, 0.6) is 0 Å². The highest BCUT2D eigenvalue weighted by Gasteiger charge is 2.27. The number of piperidine rings is 1. The van der Waals surface area contributed by atoms with E-state index in [1.807, 2.05) is 31.2 Å². The van der Waals surface area contributed by atoms with Crippen molar-refractivity contribution in [3.8, 4) is 0 Å². The van der Waals surface area contributed by atoms with Gasteiger partial charge in [-0.3, -0.25) is 9.59 Å². The van der Waals surface area contributed by atoms with Crippen LogP contribution in [0.2, 0.25) is 0 Å². The zero-order chi connectivity index (χ0) is 24.3. The van der Waals surface area contributed by atoms with E-state index in [0.717, 1.165) is 29.5 Å². The molecular formula is C26H29N3O4S. The van der Waals surface area contributed by atoms with E-state index >= 15 is 0 Å². The maximum atomic E-state index is 13.1. The van der Waals surface area contributed by atoms with Crippen LogP contribution in [0.4, 0.5) is 0 Å². The summed E-state index contributed by atoms with van der Waals surface area (Å²) in [7, 11) is -3.15. The Hall–Kier alpha value is -3.10. The SMILES string of the molecule is Cc1ccccc1C(CC(=O)c1ccn[nH]c1=O)c1ccc(C2CCN(S(C)(=O)=O)CC2)cc1. The van der Waals surface area contributed by atoms with Crippen LogP contribution in [0.25, 0.3) is 0 Å². The van der Waals surface area contributed by atoms with Gasteiger partial charge in [0.1, 0.15) is 0 Å². The van der Waals surface area contributed by atoms with E-state index < -0.39 is 15.6 Å². The predicted octanol–water partition coefficient (Wildman–Crippen LogP) is 3.62. The van der Waals surface area contributed by atoms with Crippen LogP contribution < -0.4 is 5.56 Å². The first-order valence-electron chi connectivity index (χ1n) is 11.4. The number of ketones is 1. The molecule has 1 saturated heterocycles. The van der Waals surface area contributed by atoms with Crippen LogP contribution in [0.3, 0.4) is 0 Å². The number of aromatic nitrogens is 2. The Labute approximate surface area is 199 Å². The van der Waals surface area contributed by atoms with Gasteiger partial charge in [-0.25, -0.2) is 17.8 Å². The maximum Gasteiger partial charge on any atom is 0.275 e. The van der Waals surface area contributed by atoms with E-state index in [1.54, 1.807) is 4.31 Å². The van der Waals surface area contributed by atoms with Crippen LogP contribution in [-0.4, -0.2) is 48.0 Å². The molecule has 3 aromatic rings. The first-order chi connectivity index (χ1) is 16.2. The largest absolute Gasteiger partial charge is 0.294 e. The van der Waals surface area contributed by atoms with Crippen molar-refractivity contribution >= 4 is 15.8 Å². The van der Waals surface area contributed by atoms with Gasteiger partial charge in [-0.05, 0) is 54.0 Å². The topological polar surface area (TPSA) is 100 Å². The van der Waals surface area contributed by atoms with E-state index in [9.17, 15) is 18.0 Å². The molecule has 1 unspecified atom stereocenters. The zero-order valence-corrected chi connectivity index (χ0v) is 20.2. The third-order valence-electron chi connectivity index (χ3n) is 6.71. The molecule has 1 aliphatic heterocycles. The Balaban J connectivity index is 1.59. The highest BCUT2D eigenvalue weighted by molar-refractivity contribution is 7.88. The lowest BCUT2D eigenvalue weighted by Crippen LogP contribution is -2.37. The van der Waals surface area contributed by atoms with Gasteiger partial charge in [-0.1, -0.05) is 48.5 Å². The number of rotatable bonds is 7. The normalized spacial score (nSPS) is 16.3. The lowest BCUT2D eigenvalue weighted by molar-refractivity contribution is 0.0976. The Morgan fingerprint density at radius 3 is 2.38 bits per heavy atom. The van der Waals surface area contributed by atoms with Crippen molar-refractivity contribution < 1.29 is 13.2 Å². The molecule has 0 saturated carbocycles. The van der Waals surface area contributed by atoms with Crippen LogP contribution in [-0.2, 0) is 10.0 Å². The third-order valence-corrected chi connectivity index (χ3v) is 8.02. The van der Waals surface area contributed by atoms with Crippen molar-refractivity contribution in [3.63, 3.8) is 0 Å². The number of carbonyl (C=O) groups excluding carboxylic acids is 1. The summed E-state index contributed by atoms with van der Waals surface area (Å²) >= 11 is 0. The summed E-state index contributed by atoms with van der Waals surface area (Å²) in [4.78, 5) is 25.2. The monoisotopic (exact) mass is 479 g/mol. The van der Waals surface area contributed by atoms with Gasteiger partial charge in [0, 0.05) is 31.6 Å².